The Hall–Kier alpha value is -2.25. The van der Waals surface area contributed by atoms with Crippen molar-refractivity contribution in [2.75, 3.05) is 15.9 Å². The van der Waals surface area contributed by atoms with Gasteiger partial charge in [0.25, 0.3) is 0 Å². The Bertz CT molecular complexity index is 957. The molecule has 156 valence electrons. The van der Waals surface area contributed by atoms with Gasteiger partial charge in [0.1, 0.15) is 11.8 Å². The average Bonchev–Trinajstić information content (AvgIpc) is 3.15. The molecule has 1 atom stereocenters. The molecule has 0 aromatic heterocycles. The van der Waals surface area contributed by atoms with Crippen molar-refractivity contribution in [1.82, 2.24) is 0 Å². The van der Waals surface area contributed by atoms with Gasteiger partial charge < -0.3 is 10.1 Å². The quantitative estimate of drug-likeness (QED) is 0.695. The van der Waals surface area contributed by atoms with Gasteiger partial charge in [-0.2, -0.15) is 0 Å². The standard InChI is InChI=1S/C21H25ClN2O4S/c1-15(24(29(2,26)27)18-7-5-6-16(22)14-18)21(25)23-17-10-12-20(13-11-17)28-19-8-3-4-9-19/h5-7,10-15,19H,3-4,8-9H2,1-2H3,(H,23,25). The first-order valence-corrected chi connectivity index (χ1v) is 11.8. The lowest BCUT2D eigenvalue weighted by molar-refractivity contribution is -0.116. The predicted molar refractivity (Wildman–Crippen MR) is 116 cm³/mol. The second-order valence-corrected chi connectivity index (χ2v) is 9.55. The zero-order valence-electron chi connectivity index (χ0n) is 16.5. The molecule has 6 nitrogen and oxygen atoms in total. The van der Waals surface area contributed by atoms with E-state index in [2.05, 4.69) is 5.32 Å². The topological polar surface area (TPSA) is 75.7 Å². The number of anilines is 2. The van der Waals surface area contributed by atoms with Crippen LogP contribution in [-0.2, 0) is 14.8 Å². The van der Waals surface area contributed by atoms with Crippen molar-refractivity contribution in [3.63, 3.8) is 0 Å². The molecule has 1 aliphatic rings. The molecule has 0 spiro atoms. The van der Waals surface area contributed by atoms with E-state index in [1.54, 1.807) is 30.3 Å². The first-order chi connectivity index (χ1) is 13.7. The number of amides is 1. The lowest BCUT2D eigenvalue weighted by Crippen LogP contribution is -2.45. The summed E-state index contributed by atoms with van der Waals surface area (Å²) in [6.07, 6.45) is 5.85. The van der Waals surface area contributed by atoms with E-state index in [4.69, 9.17) is 16.3 Å². The van der Waals surface area contributed by atoms with E-state index in [-0.39, 0.29) is 6.10 Å². The molecule has 0 heterocycles. The average molecular weight is 437 g/mol. The number of rotatable bonds is 7. The lowest BCUT2D eigenvalue weighted by atomic mass is 10.2. The minimum absolute atomic E-state index is 0.261. The fourth-order valence-electron chi connectivity index (χ4n) is 3.48. The van der Waals surface area contributed by atoms with Crippen LogP contribution in [0, 0.1) is 0 Å². The van der Waals surface area contributed by atoms with E-state index in [1.807, 2.05) is 12.1 Å². The van der Waals surface area contributed by atoms with Crippen LogP contribution < -0.4 is 14.4 Å². The van der Waals surface area contributed by atoms with Crippen LogP contribution in [-0.4, -0.2) is 32.7 Å². The van der Waals surface area contributed by atoms with E-state index < -0.39 is 22.0 Å². The molecule has 0 aliphatic heterocycles. The molecular weight excluding hydrogens is 412 g/mol. The molecule has 1 saturated carbocycles. The molecule has 29 heavy (non-hydrogen) atoms. The van der Waals surface area contributed by atoms with Crippen molar-refractivity contribution in [2.24, 2.45) is 0 Å². The van der Waals surface area contributed by atoms with Crippen LogP contribution >= 0.6 is 11.6 Å². The minimum atomic E-state index is -3.70. The summed E-state index contributed by atoms with van der Waals surface area (Å²) in [5.41, 5.74) is 0.906. The highest BCUT2D eigenvalue weighted by atomic mass is 35.5. The zero-order valence-corrected chi connectivity index (χ0v) is 18.0. The predicted octanol–water partition coefficient (Wildman–Crippen LogP) is 4.45. The summed E-state index contributed by atoms with van der Waals surface area (Å²) in [6, 6.07) is 12.6. The van der Waals surface area contributed by atoms with Crippen LogP contribution in [0.3, 0.4) is 0 Å². The Morgan fingerprint density at radius 3 is 2.41 bits per heavy atom. The van der Waals surface area contributed by atoms with Crippen molar-refractivity contribution in [1.29, 1.82) is 0 Å². The monoisotopic (exact) mass is 436 g/mol. The Labute approximate surface area is 176 Å². The number of benzene rings is 2. The van der Waals surface area contributed by atoms with Crippen molar-refractivity contribution in [2.45, 2.75) is 44.8 Å². The summed E-state index contributed by atoms with van der Waals surface area (Å²) in [7, 11) is -3.70. The van der Waals surface area contributed by atoms with E-state index in [9.17, 15) is 13.2 Å². The second kappa shape index (κ2) is 9.05. The number of carbonyl (C=O) groups excluding carboxylic acids is 1. The first kappa shape index (κ1) is 21.5. The summed E-state index contributed by atoms with van der Waals surface area (Å²) in [5.74, 6) is 0.319. The normalized spacial score (nSPS) is 15.7. The number of nitrogens with zero attached hydrogens (tertiary/aromatic N) is 1. The van der Waals surface area contributed by atoms with Gasteiger partial charge in [0.2, 0.25) is 15.9 Å². The van der Waals surface area contributed by atoms with Gasteiger partial charge in [0.15, 0.2) is 0 Å². The van der Waals surface area contributed by atoms with E-state index in [0.717, 1.165) is 29.2 Å². The molecule has 2 aromatic rings. The molecule has 0 bridgehead atoms. The van der Waals surface area contributed by atoms with Crippen LogP contribution in [0.15, 0.2) is 48.5 Å². The fourth-order valence-corrected chi connectivity index (χ4v) is 4.84. The smallest absolute Gasteiger partial charge is 0.247 e. The molecule has 1 aliphatic carbocycles. The Kier molecular flexibility index (Phi) is 6.70. The first-order valence-electron chi connectivity index (χ1n) is 9.56. The minimum Gasteiger partial charge on any atom is -0.490 e. The second-order valence-electron chi connectivity index (χ2n) is 7.25. The SMILES string of the molecule is CC(C(=O)Nc1ccc(OC2CCCC2)cc1)N(c1cccc(Cl)c1)S(C)(=O)=O. The van der Waals surface area contributed by atoms with Gasteiger partial charge in [0.05, 0.1) is 18.0 Å². The highest BCUT2D eigenvalue weighted by molar-refractivity contribution is 7.92. The summed E-state index contributed by atoms with van der Waals surface area (Å²) < 4.78 is 31.7. The van der Waals surface area contributed by atoms with Crippen LogP contribution in [0.4, 0.5) is 11.4 Å². The van der Waals surface area contributed by atoms with Crippen LogP contribution in [0.5, 0.6) is 5.75 Å². The van der Waals surface area contributed by atoms with E-state index in [0.29, 0.717) is 16.4 Å². The van der Waals surface area contributed by atoms with E-state index in [1.165, 1.54) is 25.8 Å². The van der Waals surface area contributed by atoms with Crippen LogP contribution in [0.1, 0.15) is 32.6 Å². The van der Waals surface area contributed by atoms with Crippen LogP contribution in [0.25, 0.3) is 0 Å². The van der Waals surface area contributed by atoms with Crippen molar-refractivity contribution in [3.05, 3.63) is 53.6 Å². The maximum atomic E-state index is 12.7. The van der Waals surface area contributed by atoms with E-state index >= 15 is 0 Å². The third-order valence-corrected chi connectivity index (χ3v) is 6.35. The van der Waals surface area contributed by atoms with Gasteiger partial charge in [-0.3, -0.25) is 9.10 Å². The third kappa shape index (κ3) is 5.64. The molecule has 1 fully saturated rings. The number of ether oxygens (including phenoxy) is 1. The van der Waals surface area contributed by atoms with Gasteiger partial charge in [-0.05, 0) is 75.1 Å². The zero-order chi connectivity index (χ0) is 21.0. The van der Waals surface area contributed by atoms with Gasteiger partial charge in [-0.1, -0.05) is 17.7 Å². The van der Waals surface area contributed by atoms with Gasteiger partial charge in [0, 0.05) is 10.7 Å². The Morgan fingerprint density at radius 1 is 1.17 bits per heavy atom. The maximum Gasteiger partial charge on any atom is 0.247 e. The highest BCUT2D eigenvalue weighted by Gasteiger charge is 2.29. The molecule has 8 heteroatoms. The van der Waals surface area contributed by atoms with Gasteiger partial charge in [-0.25, -0.2) is 8.42 Å². The molecule has 1 amide bonds. The third-order valence-electron chi connectivity index (χ3n) is 4.88. The number of carbonyl (C=O) groups is 1. The molecule has 0 radical (unpaired) electrons. The Balaban J connectivity index is 1.71. The number of hydrogen-bond acceptors (Lipinski definition) is 4. The summed E-state index contributed by atoms with van der Waals surface area (Å²) >= 11 is 5.99. The number of halogens is 1. The maximum absolute atomic E-state index is 12.7. The largest absolute Gasteiger partial charge is 0.490 e. The van der Waals surface area contributed by atoms with Crippen molar-refractivity contribution in [3.8, 4) is 5.75 Å². The summed E-state index contributed by atoms with van der Waals surface area (Å²) in [5, 5.41) is 3.16. The molecule has 1 unspecified atom stereocenters. The summed E-state index contributed by atoms with van der Waals surface area (Å²) in [6.45, 7) is 1.54. The lowest BCUT2D eigenvalue weighted by Gasteiger charge is -2.28. The number of sulfonamides is 1. The Morgan fingerprint density at radius 2 is 1.83 bits per heavy atom. The molecule has 3 rings (SSSR count). The van der Waals surface area contributed by atoms with Gasteiger partial charge in [-0.15, -0.1) is 0 Å². The molecule has 1 N–H and O–H groups in total. The number of hydrogen-bond donors (Lipinski definition) is 1. The fraction of sp³-hybridized carbons (Fsp3) is 0.381. The highest BCUT2D eigenvalue weighted by Crippen LogP contribution is 2.26. The molecule has 2 aromatic carbocycles. The van der Waals surface area contributed by atoms with Gasteiger partial charge >= 0.3 is 0 Å². The summed E-state index contributed by atoms with van der Waals surface area (Å²) in [4.78, 5) is 12.7. The van der Waals surface area contributed by atoms with Crippen LogP contribution in [0.2, 0.25) is 5.02 Å². The molecular formula is C21H25ClN2O4S. The molecule has 0 saturated heterocycles. The van der Waals surface area contributed by atoms with Crippen molar-refractivity contribution < 1.29 is 17.9 Å². The van der Waals surface area contributed by atoms with Crippen molar-refractivity contribution >= 4 is 38.9 Å². The number of nitrogens with one attached hydrogen (secondary N) is 1.